The van der Waals surface area contributed by atoms with Crippen LogP contribution in [0.3, 0.4) is 0 Å². The SMILES string of the molecule is Cc1ncc(-c2nc3nc(N4CCOCC4)ccc3o2)c2cc(NC(=O)C[C@@H]3C[C@@H]3F)ncc12. The molecule has 0 aromatic carbocycles. The number of carbonyl (C=O) groups is 1. The molecule has 5 heterocycles. The molecule has 2 aliphatic rings. The van der Waals surface area contributed by atoms with Crippen LogP contribution in [-0.2, 0) is 9.53 Å². The Morgan fingerprint density at radius 3 is 2.79 bits per heavy atom. The van der Waals surface area contributed by atoms with E-state index in [1.807, 2.05) is 19.1 Å². The smallest absolute Gasteiger partial charge is 0.231 e. The van der Waals surface area contributed by atoms with Crippen LogP contribution in [0.4, 0.5) is 16.0 Å². The third kappa shape index (κ3) is 3.94. The Balaban J connectivity index is 1.34. The topological polar surface area (TPSA) is 106 Å². The second kappa shape index (κ2) is 8.28. The van der Waals surface area contributed by atoms with Crippen LogP contribution >= 0.6 is 0 Å². The van der Waals surface area contributed by atoms with Crippen LogP contribution in [0, 0.1) is 12.8 Å². The van der Waals surface area contributed by atoms with Gasteiger partial charge in [0.1, 0.15) is 17.8 Å². The zero-order chi connectivity index (χ0) is 23.2. The molecule has 1 aliphatic carbocycles. The number of hydrogen-bond donors (Lipinski definition) is 1. The van der Waals surface area contributed by atoms with Crippen molar-refractivity contribution in [2.24, 2.45) is 5.92 Å². The van der Waals surface area contributed by atoms with Gasteiger partial charge in [0.05, 0.1) is 18.8 Å². The zero-order valence-corrected chi connectivity index (χ0v) is 18.6. The Morgan fingerprint density at radius 1 is 1.18 bits per heavy atom. The normalized spacial score (nSPS) is 20.1. The summed E-state index contributed by atoms with van der Waals surface area (Å²) in [7, 11) is 0. The van der Waals surface area contributed by atoms with Gasteiger partial charge in [-0.2, -0.15) is 4.98 Å². The molecule has 1 N–H and O–H groups in total. The number of nitrogens with zero attached hydrogens (tertiary/aromatic N) is 5. The molecule has 174 valence electrons. The molecule has 9 nitrogen and oxygen atoms in total. The van der Waals surface area contributed by atoms with Gasteiger partial charge in [0.25, 0.3) is 0 Å². The number of fused-ring (bicyclic) bond motifs is 2. The molecule has 1 amide bonds. The number of oxazole rings is 1. The molecule has 0 radical (unpaired) electrons. The minimum Gasteiger partial charge on any atom is -0.434 e. The number of pyridine rings is 3. The number of morpholine rings is 1. The highest BCUT2D eigenvalue weighted by Crippen LogP contribution is 2.37. The molecule has 4 aromatic heterocycles. The van der Waals surface area contributed by atoms with Crippen molar-refractivity contribution in [3.05, 3.63) is 36.3 Å². The first-order chi connectivity index (χ1) is 16.5. The minimum atomic E-state index is -0.868. The van der Waals surface area contributed by atoms with E-state index in [0.29, 0.717) is 48.1 Å². The highest BCUT2D eigenvalue weighted by molar-refractivity contribution is 5.99. The summed E-state index contributed by atoms with van der Waals surface area (Å²) < 4.78 is 24.6. The van der Waals surface area contributed by atoms with Gasteiger partial charge in [0, 0.05) is 54.3 Å². The Kier molecular flexibility index (Phi) is 5.09. The number of aryl methyl sites for hydroxylation is 1. The lowest BCUT2D eigenvalue weighted by Crippen LogP contribution is -2.36. The number of halogens is 1. The predicted octanol–water partition coefficient (Wildman–Crippen LogP) is 3.66. The van der Waals surface area contributed by atoms with Crippen molar-refractivity contribution < 1.29 is 18.3 Å². The number of nitrogens with one attached hydrogen (secondary N) is 1. The number of rotatable bonds is 5. The molecule has 0 spiro atoms. The average Bonchev–Trinajstić information content (AvgIpc) is 3.36. The summed E-state index contributed by atoms with van der Waals surface area (Å²) in [6.07, 6.45) is 3.11. The summed E-state index contributed by atoms with van der Waals surface area (Å²) in [5.74, 6) is 1.19. The van der Waals surface area contributed by atoms with E-state index in [1.165, 1.54) is 0 Å². The molecule has 1 saturated heterocycles. The molecule has 2 atom stereocenters. The van der Waals surface area contributed by atoms with Gasteiger partial charge < -0.3 is 19.4 Å². The van der Waals surface area contributed by atoms with E-state index in [9.17, 15) is 9.18 Å². The van der Waals surface area contributed by atoms with Crippen LogP contribution in [0.5, 0.6) is 0 Å². The second-order valence-electron chi connectivity index (χ2n) is 8.75. The van der Waals surface area contributed by atoms with Crippen LogP contribution in [0.15, 0.2) is 35.0 Å². The fourth-order valence-corrected chi connectivity index (χ4v) is 4.25. The number of ether oxygens (including phenoxy) is 1. The quantitative estimate of drug-likeness (QED) is 0.479. The largest absolute Gasteiger partial charge is 0.434 e. The summed E-state index contributed by atoms with van der Waals surface area (Å²) in [5.41, 5.74) is 2.57. The lowest BCUT2D eigenvalue weighted by Gasteiger charge is -2.27. The minimum absolute atomic E-state index is 0.158. The van der Waals surface area contributed by atoms with Crippen LogP contribution in [-0.4, -0.2) is 58.3 Å². The van der Waals surface area contributed by atoms with Crippen LogP contribution < -0.4 is 10.2 Å². The van der Waals surface area contributed by atoms with Gasteiger partial charge in [-0.15, -0.1) is 0 Å². The first-order valence-electron chi connectivity index (χ1n) is 11.3. The van der Waals surface area contributed by atoms with Gasteiger partial charge in [0.15, 0.2) is 5.58 Å². The number of anilines is 2. The van der Waals surface area contributed by atoms with Crippen molar-refractivity contribution in [1.82, 2.24) is 19.9 Å². The van der Waals surface area contributed by atoms with Crippen molar-refractivity contribution in [2.75, 3.05) is 36.5 Å². The van der Waals surface area contributed by atoms with Crippen LogP contribution in [0.1, 0.15) is 18.5 Å². The number of amides is 1. The van der Waals surface area contributed by atoms with Gasteiger partial charge in [-0.05, 0) is 31.5 Å². The standard InChI is InChI=1S/C24H23FN6O3/c1-13-16-11-27-20(28-22(32)9-14-8-18(14)25)10-15(16)17(12-26-13)24-30-23-19(34-24)2-3-21(29-23)31-4-6-33-7-5-31/h2-3,10-12,14,18H,4-9H2,1H3,(H,27,28,32)/t14-,18-/m0/s1. The predicted molar refractivity (Wildman–Crippen MR) is 124 cm³/mol. The Morgan fingerprint density at radius 2 is 2.00 bits per heavy atom. The molecule has 0 bridgehead atoms. The second-order valence-corrected chi connectivity index (χ2v) is 8.75. The highest BCUT2D eigenvalue weighted by atomic mass is 19.1. The molecule has 6 rings (SSSR count). The average molecular weight is 462 g/mol. The number of aromatic nitrogens is 4. The van der Waals surface area contributed by atoms with Crippen LogP contribution in [0.25, 0.3) is 33.5 Å². The molecular formula is C24H23FN6O3. The molecule has 1 aliphatic heterocycles. The van der Waals surface area contributed by atoms with E-state index in [4.69, 9.17) is 9.15 Å². The molecule has 34 heavy (non-hydrogen) atoms. The van der Waals surface area contributed by atoms with E-state index in [0.717, 1.165) is 35.4 Å². The first-order valence-corrected chi connectivity index (χ1v) is 11.3. The van der Waals surface area contributed by atoms with E-state index in [1.54, 1.807) is 18.5 Å². The molecule has 1 saturated carbocycles. The van der Waals surface area contributed by atoms with Gasteiger partial charge in [-0.3, -0.25) is 9.78 Å². The van der Waals surface area contributed by atoms with Crippen LogP contribution in [0.2, 0.25) is 0 Å². The number of hydrogen-bond acceptors (Lipinski definition) is 8. The molecule has 2 fully saturated rings. The maximum absolute atomic E-state index is 13.2. The van der Waals surface area contributed by atoms with Gasteiger partial charge >= 0.3 is 0 Å². The maximum atomic E-state index is 13.2. The molecule has 0 unspecified atom stereocenters. The number of carbonyl (C=O) groups excluding carboxylic acids is 1. The third-order valence-electron chi connectivity index (χ3n) is 6.33. The first kappa shape index (κ1) is 20.9. The lowest BCUT2D eigenvalue weighted by molar-refractivity contribution is -0.116. The van der Waals surface area contributed by atoms with Gasteiger partial charge in [0.2, 0.25) is 17.4 Å². The van der Waals surface area contributed by atoms with E-state index in [2.05, 4.69) is 30.2 Å². The summed E-state index contributed by atoms with van der Waals surface area (Å²) in [4.78, 5) is 32.6. The van der Waals surface area contributed by atoms with E-state index < -0.39 is 6.17 Å². The fraction of sp³-hybridized carbons (Fsp3) is 0.375. The van der Waals surface area contributed by atoms with E-state index >= 15 is 0 Å². The van der Waals surface area contributed by atoms with Crippen molar-refractivity contribution in [3.8, 4) is 11.5 Å². The van der Waals surface area contributed by atoms with Crippen molar-refractivity contribution in [3.63, 3.8) is 0 Å². The number of alkyl halides is 1. The van der Waals surface area contributed by atoms with Gasteiger partial charge in [-0.1, -0.05) is 0 Å². The molecule has 10 heteroatoms. The Hall–Kier alpha value is -3.66. The van der Waals surface area contributed by atoms with Crippen molar-refractivity contribution in [2.45, 2.75) is 25.9 Å². The fourth-order valence-electron chi connectivity index (χ4n) is 4.25. The lowest BCUT2D eigenvalue weighted by atomic mass is 10.1. The van der Waals surface area contributed by atoms with Gasteiger partial charge in [-0.25, -0.2) is 14.4 Å². The van der Waals surface area contributed by atoms with Crippen molar-refractivity contribution >= 4 is 39.5 Å². The highest BCUT2D eigenvalue weighted by Gasteiger charge is 2.38. The summed E-state index contributed by atoms with van der Waals surface area (Å²) in [6, 6.07) is 5.57. The summed E-state index contributed by atoms with van der Waals surface area (Å²) >= 11 is 0. The van der Waals surface area contributed by atoms with Crippen molar-refractivity contribution in [1.29, 1.82) is 0 Å². The monoisotopic (exact) mass is 462 g/mol. The summed E-state index contributed by atoms with van der Waals surface area (Å²) in [6.45, 7) is 4.80. The third-order valence-corrected chi connectivity index (χ3v) is 6.33. The van der Waals surface area contributed by atoms with E-state index in [-0.39, 0.29) is 18.2 Å². The maximum Gasteiger partial charge on any atom is 0.231 e. The zero-order valence-electron chi connectivity index (χ0n) is 18.6. The molecule has 4 aromatic rings. The summed E-state index contributed by atoms with van der Waals surface area (Å²) in [5, 5.41) is 4.40. The Labute approximate surface area is 194 Å². The molecular weight excluding hydrogens is 439 g/mol. The Bertz CT molecular complexity index is 1400.